The van der Waals surface area contributed by atoms with Gasteiger partial charge in [0.25, 0.3) is 0 Å². The molecule has 0 spiro atoms. The van der Waals surface area contributed by atoms with E-state index in [4.69, 9.17) is 13.9 Å². The Labute approximate surface area is 235 Å². The van der Waals surface area contributed by atoms with Gasteiger partial charge >= 0.3 is 11.7 Å². The van der Waals surface area contributed by atoms with Crippen molar-refractivity contribution in [2.45, 2.75) is 78.2 Å². The van der Waals surface area contributed by atoms with Crippen LogP contribution in [0.15, 0.2) is 44.5 Å². The summed E-state index contributed by atoms with van der Waals surface area (Å²) < 4.78 is 21.4. The highest BCUT2D eigenvalue weighted by Crippen LogP contribution is 2.35. The predicted octanol–water partition coefficient (Wildman–Crippen LogP) is 6.10. The van der Waals surface area contributed by atoms with Crippen LogP contribution in [0.3, 0.4) is 0 Å². The number of unbranched alkanes of at least 4 members (excludes halogenated alkanes) is 1. The van der Waals surface area contributed by atoms with Gasteiger partial charge in [0.15, 0.2) is 5.78 Å². The summed E-state index contributed by atoms with van der Waals surface area (Å²) in [5.74, 6) is -0.489. The molecule has 0 saturated carbocycles. The molecule has 218 valence electrons. The van der Waals surface area contributed by atoms with E-state index in [0.717, 1.165) is 30.8 Å². The van der Waals surface area contributed by atoms with Crippen molar-refractivity contribution >= 4 is 18.1 Å². The van der Waals surface area contributed by atoms with Gasteiger partial charge in [0.1, 0.15) is 29.4 Å². The lowest BCUT2D eigenvalue weighted by Gasteiger charge is -2.31. The molecule has 1 N–H and O–H groups in total. The summed E-state index contributed by atoms with van der Waals surface area (Å²) in [7, 11) is 1.26. The molecule has 3 unspecified atom stereocenters. The monoisotopic (exact) mass is 555 g/mol. The summed E-state index contributed by atoms with van der Waals surface area (Å²) >= 11 is 0. The van der Waals surface area contributed by atoms with Crippen molar-refractivity contribution < 1.29 is 33.3 Å². The minimum atomic E-state index is -0.838. The van der Waals surface area contributed by atoms with Gasteiger partial charge in [-0.15, -0.1) is 0 Å². The SMILES string of the molecule is COC(=O)N=CCCCC(C)c1cc(O)c(C(=O)C(C)C(C)(C)Cc2ccc(OCC3CCCO3)cc2)c(=O)o1. The van der Waals surface area contributed by atoms with Crippen LogP contribution in [0.2, 0.25) is 0 Å². The summed E-state index contributed by atoms with van der Waals surface area (Å²) in [5.41, 5.74) is -0.631. The van der Waals surface area contributed by atoms with Crippen molar-refractivity contribution in [1.82, 2.24) is 0 Å². The number of carbonyl (C=O) groups is 2. The third kappa shape index (κ3) is 8.52. The summed E-state index contributed by atoms with van der Waals surface area (Å²) in [6, 6.07) is 9.15. The fraction of sp³-hybridized carbons (Fsp3) is 0.548. The fourth-order valence-corrected chi connectivity index (χ4v) is 4.74. The number of amides is 1. The third-order valence-electron chi connectivity index (χ3n) is 7.63. The number of hydrogen-bond acceptors (Lipinski definition) is 8. The molecule has 9 nitrogen and oxygen atoms in total. The van der Waals surface area contributed by atoms with Crippen LogP contribution >= 0.6 is 0 Å². The quantitative estimate of drug-likeness (QED) is 0.179. The van der Waals surface area contributed by atoms with Crippen molar-refractivity contribution in [3.05, 3.63) is 57.6 Å². The van der Waals surface area contributed by atoms with Crippen LogP contribution in [0.4, 0.5) is 4.79 Å². The Bertz CT molecular complexity index is 1220. The molecule has 1 saturated heterocycles. The van der Waals surface area contributed by atoms with E-state index < -0.39 is 28.8 Å². The predicted molar refractivity (Wildman–Crippen MR) is 152 cm³/mol. The highest BCUT2D eigenvalue weighted by atomic mass is 16.5. The first-order chi connectivity index (χ1) is 19.0. The third-order valence-corrected chi connectivity index (χ3v) is 7.63. The zero-order valence-electron chi connectivity index (χ0n) is 24.1. The minimum Gasteiger partial charge on any atom is -0.507 e. The maximum atomic E-state index is 13.4. The molecule has 1 aliphatic rings. The average molecular weight is 556 g/mol. The number of Topliss-reactive ketones (excluding diaryl/α,β-unsaturated/α-hetero) is 1. The Morgan fingerprint density at radius 3 is 2.58 bits per heavy atom. The number of benzene rings is 1. The summed E-state index contributed by atoms with van der Waals surface area (Å²) in [5, 5.41) is 10.7. The lowest BCUT2D eigenvalue weighted by atomic mass is 9.72. The maximum absolute atomic E-state index is 13.4. The first-order valence-corrected chi connectivity index (χ1v) is 13.9. The number of rotatable bonds is 13. The van der Waals surface area contributed by atoms with Crippen molar-refractivity contribution in [3.8, 4) is 11.5 Å². The van der Waals surface area contributed by atoms with Crippen molar-refractivity contribution in [3.63, 3.8) is 0 Å². The minimum absolute atomic E-state index is 0.149. The smallest absolute Gasteiger partial charge is 0.432 e. The van der Waals surface area contributed by atoms with Gasteiger partial charge in [0.2, 0.25) is 0 Å². The number of ether oxygens (including phenoxy) is 3. The van der Waals surface area contributed by atoms with Crippen molar-refractivity contribution in [1.29, 1.82) is 0 Å². The summed E-state index contributed by atoms with van der Waals surface area (Å²) in [6.07, 6.45) is 5.50. The fourth-order valence-electron chi connectivity index (χ4n) is 4.74. The number of hydrogen-bond donors (Lipinski definition) is 1. The second-order valence-corrected chi connectivity index (χ2v) is 11.2. The highest BCUT2D eigenvalue weighted by Gasteiger charge is 2.35. The van der Waals surface area contributed by atoms with E-state index >= 15 is 0 Å². The van der Waals surface area contributed by atoms with E-state index in [1.54, 1.807) is 6.92 Å². The molecule has 40 heavy (non-hydrogen) atoms. The Hall–Kier alpha value is -3.46. The normalized spacial score (nSPS) is 17.1. The number of carbonyl (C=O) groups excluding carboxylic acids is 2. The van der Waals surface area contributed by atoms with E-state index in [9.17, 15) is 19.5 Å². The molecule has 1 fully saturated rings. The van der Waals surface area contributed by atoms with E-state index in [1.165, 1.54) is 19.4 Å². The van der Waals surface area contributed by atoms with Crippen molar-refractivity contribution in [2.24, 2.45) is 16.3 Å². The zero-order chi connectivity index (χ0) is 29.3. The van der Waals surface area contributed by atoms with Crippen LogP contribution in [0.25, 0.3) is 0 Å². The van der Waals surface area contributed by atoms with E-state index in [0.29, 0.717) is 38.1 Å². The Balaban J connectivity index is 1.60. The molecule has 3 rings (SSSR count). The van der Waals surface area contributed by atoms with Crippen LogP contribution in [0.1, 0.15) is 87.4 Å². The molecule has 1 aliphatic heterocycles. The van der Waals surface area contributed by atoms with Crippen molar-refractivity contribution in [2.75, 3.05) is 20.3 Å². The van der Waals surface area contributed by atoms with Crippen LogP contribution in [0, 0.1) is 11.3 Å². The maximum Gasteiger partial charge on any atom is 0.432 e. The topological polar surface area (TPSA) is 125 Å². The Kier molecular flexibility index (Phi) is 11.1. The second-order valence-electron chi connectivity index (χ2n) is 11.2. The van der Waals surface area contributed by atoms with E-state index in [1.807, 2.05) is 45.0 Å². The van der Waals surface area contributed by atoms with Gasteiger partial charge in [-0.2, -0.15) is 4.99 Å². The van der Waals surface area contributed by atoms with Crippen LogP contribution in [0.5, 0.6) is 11.5 Å². The molecule has 1 aromatic carbocycles. The lowest BCUT2D eigenvalue weighted by Crippen LogP contribution is -2.33. The Morgan fingerprint density at radius 2 is 1.95 bits per heavy atom. The zero-order valence-corrected chi connectivity index (χ0v) is 24.1. The number of nitrogens with zero attached hydrogens (tertiary/aromatic N) is 1. The van der Waals surface area contributed by atoms with Crippen LogP contribution in [-0.4, -0.2) is 49.6 Å². The number of methoxy groups -OCH3 is 1. The van der Waals surface area contributed by atoms with Gasteiger partial charge in [-0.3, -0.25) is 4.79 Å². The van der Waals surface area contributed by atoms with Gasteiger partial charge < -0.3 is 23.7 Å². The highest BCUT2D eigenvalue weighted by molar-refractivity contribution is 6.00. The van der Waals surface area contributed by atoms with E-state index in [2.05, 4.69) is 9.73 Å². The largest absolute Gasteiger partial charge is 0.507 e. The number of ketones is 1. The van der Waals surface area contributed by atoms with Gasteiger partial charge in [-0.05, 0) is 61.6 Å². The molecular formula is C31H41NO8. The number of aliphatic imine (C=N–C) groups is 1. The first kappa shape index (κ1) is 31.1. The molecule has 2 aromatic rings. The second kappa shape index (κ2) is 14.3. The molecule has 9 heteroatoms. The van der Waals surface area contributed by atoms with Crippen LogP contribution in [-0.2, 0) is 15.9 Å². The standard InChI is InChI=1S/C31H41NO8/c1-20(9-6-7-15-32-30(36)37-5)26-17-25(33)27(29(35)40-26)28(34)21(2)31(3,4)18-22-11-13-23(14-12-22)39-19-24-10-8-16-38-24/h11-15,17,20-21,24,33H,6-10,16,18-19H2,1-5H3. The molecule has 2 heterocycles. The molecule has 0 aliphatic carbocycles. The number of aromatic hydroxyl groups is 1. The van der Waals surface area contributed by atoms with Gasteiger partial charge in [-0.25, -0.2) is 9.59 Å². The molecule has 0 bridgehead atoms. The first-order valence-electron chi connectivity index (χ1n) is 13.9. The van der Waals surface area contributed by atoms with Gasteiger partial charge in [-0.1, -0.05) is 39.8 Å². The molecule has 3 atom stereocenters. The van der Waals surface area contributed by atoms with Gasteiger partial charge in [0.05, 0.1) is 13.2 Å². The molecular weight excluding hydrogens is 514 g/mol. The van der Waals surface area contributed by atoms with E-state index in [-0.39, 0.29) is 23.3 Å². The molecule has 0 radical (unpaired) electrons. The van der Waals surface area contributed by atoms with Crippen LogP contribution < -0.4 is 10.4 Å². The molecule has 1 amide bonds. The Morgan fingerprint density at radius 1 is 1.23 bits per heavy atom. The lowest BCUT2D eigenvalue weighted by molar-refractivity contribution is 0.0679. The average Bonchev–Trinajstić information content (AvgIpc) is 3.45. The molecule has 1 aromatic heterocycles. The summed E-state index contributed by atoms with van der Waals surface area (Å²) in [4.78, 5) is 40.9. The van der Waals surface area contributed by atoms with Gasteiger partial charge in [0, 0.05) is 30.7 Å². The summed E-state index contributed by atoms with van der Waals surface area (Å²) in [6.45, 7) is 8.89.